The topological polar surface area (TPSA) is 59.3 Å². The molecule has 0 radical (unpaired) electrons. The van der Waals surface area contributed by atoms with Gasteiger partial charge in [0.15, 0.2) is 0 Å². The van der Waals surface area contributed by atoms with Crippen molar-refractivity contribution in [1.29, 1.82) is 0 Å². The summed E-state index contributed by atoms with van der Waals surface area (Å²) in [6.07, 6.45) is 4.49. The van der Waals surface area contributed by atoms with Gasteiger partial charge in [-0.25, -0.2) is 4.98 Å². The molecule has 1 saturated carbocycles. The van der Waals surface area contributed by atoms with Crippen LogP contribution in [0.25, 0.3) is 0 Å². The van der Waals surface area contributed by atoms with Crippen LogP contribution in [0.15, 0.2) is 12.1 Å². The molecule has 1 fully saturated rings. The Balaban J connectivity index is 2.39. The van der Waals surface area contributed by atoms with Crippen LogP contribution in [0.4, 0.5) is 11.5 Å². The highest BCUT2D eigenvalue weighted by Crippen LogP contribution is 2.33. The minimum atomic E-state index is -0.393. The van der Waals surface area contributed by atoms with Crippen LogP contribution in [-0.4, -0.2) is 22.5 Å². The van der Waals surface area contributed by atoms with Crippen molar-refractivity contribution in [2.45, 2.75) is 38.6 Å². The monoisotopic (exact) mass is 269 g/mol. The number of anilines is 1. The van der Waals surface area contributed by atoms with Gasteiger partial charge in [-0.15, -0.1) is 0 Å². The summed E-state index contributed by atoms with van der Waals surface area (Å²) in [5, 5.41) is 11.4. The number of pyridine rings is 1. The van der Waals surface area contributed by atoms with Gasteiger partial charge in [-0.3, -0.25) is 10.1 Å². The van der Waals surface area contributed by atoms with E-state index in [0.717, 1.165) is 12.8 Å². The van der Waals surface area contributed by atoms with E-state index in [1.165, 1.54) is 25.0 Å². The summed E-state index contributed by atoms with van der Waals surface area (Å²) >= 11 is 5.87. The van der Waals surface area contributed by atoms with Crippen molar-refractivity contribution in [3.63, 3.8) is 0 Å². The van der Waals surface area contributed by atoms with Crippen molar-refractivity contribution in [3.05, 3.63) is 27.4 Å². The summed E-state index contributed by atoms with van der Waals surface area (Å²) in [6, 6.07) is 3.24. The molecule has 0 aliphatic heterocycles. The lowest BCUT2D eigenvalue weighted by Crippen LogP contribution is -2.34. The van der Waals surface area contributed by atoms with Crippen molar-refractivity contribution in [3.8, 4) is 0 Å². The Hall–Kier alpha value is -1.36. The van der Waals surface area contributed by atoms with Gasteiger partial charge in [0.25, 0.3) is 0 Å². The van der Waals surface area contributed by atoms with Crippen LogP contribution in [0, 0.1) is 10.1 Å². The predicted molar refractivity (Wildman–Crippen MR) is 71.2 cm³/mol. The van der Waals surface area contributed by atoms with E-state index in [0.29, 0.717) is 23.6 Å². The Bertz CT molecular complexity index is 447. The summed E-state index contributed by atoms with van der Waals surface area (Å²) in [6.45, 7) is 2.70. The second-order valence-electron chi connectivity index (χ2n) is 4.46. The highest BCUT2D eigenvalue weighted by atomic mass is 35.5. The molecule has 18 heavy (non-hydrogen) atoms. The lowest BCUT2D eigenvalue weighted by molar-refractivity contribution is -0.384. The Kier molecular flexibility index (Phi) is 4.01. The van der Waals surface area contributed by atoms with Gasteiger partial charge in [-0.05, 0) is 25.8 Å². The molecule has 98 valence electrons. The Labute approximate surface area is 111 Å². The number of rotatable bonds is 4. The normalized spacial score (nSPS) is 15.9. The first-order valence-electron chi connectivity index (χ1n) is 6.21. The van der Waals surface area contributed by atoms with Gasteiger partial charge in [0.05, 0.1) is 4.92 Å². The molecule has 2 rings (SSSR count). The molecular formula is C12H16ClN3O2. The fourth-order valence-corrected chi connectivity index (χ4v) is 2.71. The van der Waals surface area contributed by atoms with Crippen molar-refractivity contribution < 1.29 is 4.92 Å². The van der Waals surface area contributed by atoms with Gasteiger partial charge in [-0.2, -0.15) is 0 Å². The van der Waals surface area contributed by atoms with Crippen LogP contribution in [0.2, 0.25) is 5.15 Å². The largest absolute Gasteiger partial charge is 0.348 e. The molecule has 0 bridgehead atoms. The molecule has 1 aliphatic rings. The van der Waals surface area contributed by atoms with E-state index in [-0.39, 0.29) is 5.69 Å². The standard InChI is InChI=1S/C12H16ClN3O2/c1-2-15(9-5-3-4-6-9)12-10(16(17)18)7-8-11(13)14-12/h7-9H,2-6H2,1H3. The fourth-order valence-electron chi connectivity index (χ4n) is 2.57. The number of nitrogens with zero attached hydrogens (tertiary/aromatic N) is 3. The summed E-state index contributed by atoms with van der Waals surface area (Å²) in [4.78, 5) is 16.8. The number of hydrogen-bond acceptors (Lipinski definition) is 4. The first-order chi connectivity index (χ1) is 8.63. The number of nitro groups is 1. The van der Waals surface area contributed by atoms with Crippen molar-refractivity contribution in [1.82, 2.24) is 4.98 Å². The average molecular weight is 270 g/mol. The second kappa shape index (κ2) is 5.52. The quantitative estimate of drug-likeness (QED) is 0.477. The molecule has 5 nitrogen and oxygen atoms in total. The third-order valence-corrected chi connectivity index (χ3v) is 3.61. The van der Waals surface area contributed by atoms with Crippen LogP contribution in [0.5, 0.6) is 0 Å². The van der Waals surface area contributed by atoms with Gasteiger partial charge >= 0.3 is 5.69 Å². The number of halogens is 1. The Morgan fingerprint density at radius 3 is 2.72 bits per heavy atom. The van der Waals surface area contributed by atoms with Crippen molar-refractivity contribution in [2.24, 2.45) is 0 Å². The molecular weight excluding hydrogens is 254 g/mol. The third kappa shape index (κ3) is 2.56. The first-order valence-corrected chi connectivity index (χ1v) is 6.59. The van der Waals surface area contributed by atoms with E-state index in [1.807, 2.05) is 11.8 Å². The molecule has 1 aliphatic carbocycles. The van der Waals surface area contributed by atoms with E-state index in [9.17, 15) is 10.1 Å². The predicted octanol–water partition coefficient (Wildman–Crippen LogP) is 3.41. The Morgan fingerprint density at radius 1 is 1.50 bits per heavy atom. The molecule has 0 atom stereocenters. The van der Waals surface area contributed by atoms with E-state index >= 15 is 0 Å². The maximum absolute atomic E-state index is 11.1. The summed E-state index contributed by atoms with van der Waals surface area (Å²) in [5.74, 6) is 0.405. The lowest BCUT2D eigenvalue weighted by atomic mass is 10.2. The van der Waals surface area contributed by atoms with Gasteiger partial charge < -0.3 is 4.90 Å². The minimum Gasteiger partial charge on any atom is -0.348 e. The maximum Gasteiger partial charge on any atom is 0.311 e. The summed E-state index contributed by atoms with van der Waals surface area (Å²) in [7, 11) is 0. The zero-order chi connectivity index (χ0) is 13.1. The van der Waals surface area contributed by atoms with Gasteiger partial charge in [0.1, 0.15) is 5.15 Å². The number of hydrogen-bond donors (Lipinski definition) is 0. The molecule has 1 aromatic heterocycles. The zero-order valence-corrected chi connectivity index (χ0v) is 11.1. The highest BCUT2D eigenvalue weighted by molar-refractivity contribution is 6.29. The van der Waals surface area contributed by atoms with Gasteiger partial charge in [0, 0.05) is 18.7 Å². The number of aromatic nitrogens is 1. The smallest absolute Gasteiger partial charge is 0.311 e. The van der Waals surface area contributed by atoms with Crippen LogP contribution in [0.3, 0.4) is 0 Å². The van der Waals surface area contributed by atoms with Crippen LogP contribution >= 0.6 is 11.6 Å². The van der Waals surface area contributed by atoms with E-state index in [1.54, 1.807) is 0 Å². The molecule has 0 N–H and O–H groups in total. The van der Waals surface area contributed by atoms with Gasteiger partial charge in [-0.1, -0.05) is 24.4 Å². The summed E-state index contributed by atoms with van der Waals surface area (Å²) in [5.41, 5.74) is 0.0353. The molecule has 1 aromatic rings. The van der Waals surface area contributed by atoms with Crippen molar-refractivity contribution >= 4 is 23.1 Å². The van der Waals surface area contributed by atoms with E-state index < -0.39 is 4.92 Å². The molecule has 0 spiro atoms. The molecule has 1 heterocycles. The SMILES string of the molecule is CCN(c1nc(Cl)ccc1[N+](=O)[O-])C1CCCC1. The third-order valence-electron chi connectivity index (χ3n) is 3.40. The Morgan fingerprint density at radius 2 is 2.17 bits per heavy atom. The molecule has 0 saturated heterocycles. The molecule has 6 heteroatoms. The lowest BCUT2D eigenvalue weighted by Gasteiger charge is -2.28. The first kappa shape index (κ1) is 13.1. The second-order valence-corrected chi connectivity index (χ2v) is 4.85. The van der Waals surface area contributed by atoms with Crippen LogP contribution in [0.1, 0.15) is 32.6 Å². The molecule has 0 unspecified atom stereocenters. The summed E-state index contributed by atoms with van der Waals surface area (Å²) < 4.78 is 0. The molecule has 0 aromatic carbocycles. The van der Waals surface area contributed by atoms with Gasteiger partial charge in [0.2, 0.25) is 5.82 Å². The van der Waals surface area contributed by atoms with Crippen LogP contribution in [-0.2, 0) is 0 Å². The van der Waals surface area contributed by atoms with E-state index in [2.05, 4.69) is 4.98 Å². The average Bonchev–Trinajstić information content (AvgIpc) is 2.83. The minimum absolute atomic E-state index is 0.0353. The molecule has 0 amide bonds. The van der Waals surface area contributed by atoms with Crippen LogP contribution < -0.4 is 4.90 Å². The zero-order valence-electron chi connectivity index (χ0n) is 10.3. The van der Waals surface area contributed by atoms with Crippen molar-refractivity contribution in [2.75, 3.05) is 11.4 Å². The highest BCUT2D eigenvalue weighted by Gasteiger charge is 2.28. The van der Waals surface area contributed by atoms with E-state index in [4.69, 9.17) is 11.6 Å². The fraction of sp³-hybridized carbons (Fsp3) is 0.583. The maximum atomic E-state index is 11.1.